The number of aromatic nitrogens is 3. The first-order valence-corrected chi connectivity index (χ1v) is 9.16. The highest BCUT2D eigenvalue weighted by Gasteiger charge is 2.28. The molecule has 0 saturated heterocycles. The monoisotopic (exact) mass is 345 g/mol. The summed E-state index contributed by atoms with van der Waals surface area (Å²) in [6.07, 6.45) is 1.37. The normalized spacial score (nSPS) is 11.8. The third-order valence-corrected chi connectivity index (χ3v) is 5.78. The van der Waals surface area contributed by atoms with Crippen LogP contribution in [0, 0.1) is 0 Å². The van der Waals surface area contributed by atoms with Gasteiger partial charge in [0.1, 0.15) is 28.1 Å². The van der Waals surface area contributed by atoms with E-state index >= 15 is 0 Å². The number of hydrogen-bond acceptors (Lipinski definition) is 6. The highest BCUT2D eigenvalue weighted by molar-refractivity contribution is 7.92. The molecule has 24 heavy (non-hydrogen) atoms. The van der Waals surface area contributed by atoms with Crippen LogP contribution in [0.15, 0.2) is 46.5 Å². The van der Waals surface area contributed by atoms with Crippen LogP contribution in [-0.4, -0.2) is 36.5 Å². The molecule has 0 radical (unpaired) electrons. The Hall–Kier alpha value is -2.61. The van der Waals surface area contributed by atoms with E-state index in [1.165, 1.54) is 6.33 Å². The summed E-state index contributed by atoms with van der Waals surface area (Å²) in [5, 5.41) is 0. The van der Waals surface area contributed by atoms with Crippen molar-refractivity contribution < 1.29 is 8.42 Å². The van der Waals surface area contributed by atoms with Crippen molar-refractivity contribution >= 4 is 32.5 Å². The highest BCUT2D eigenvalue weighted by Crippen LogP contribution is 2.34. The molecule has 0 amide bonds. The molecule has 0 unspecified atom stereocenters. The quantitative estimate of drug-likeness (QED) is 0.734. The van der Waals surface area contributed by atoms with E-state index in [4.69, 9.17) is 5.73 Å². The fraction of sp³-hybridized carbons (Fsp3) is 0.250. The second-order valence-electron chi connectivity index (χ2n) is 5.28. The maximum absolute atomic E-state index is 13.0. The van der Waals surface area contributed by atoms with Crippen LogP contribution in [0.1, 0.15) is 13.8 Å². The van der Waals surface area contributed by atoms with Crippen molar-refractivity contribution in [3.05, 3.63) is 36.7 Å². The number of rotatable bonds is 5. The lowest BCUT2D eigenvalue weighted by atomic mass is 10.4. The van der Waals surface area contributed by atoms with Gasteiger partial charge in [-0.25, -0.2) is 18.4 Å². The molecule has 0 fully saturated rings. The Kier molecular flexibility index (Phi) is 4.15. The Morgan fingerprint density at radius 3 is 2.42 bits per heavy atom. The molecule has 0 aliphatic heterocycles. The van der Waals surface area contributed by atoms with Crippen molar-refractivity contribution in [1.29, 1.82) is 0 Å². The summed E-state index contributed by atoms with van der Waals surface area (Å²) in [5.41, 5.74) is 6.86. The number of fused-ring (bicyclic) bond motifs is 1. The molecule has 0 bridgehead atoms. The van der Waals surface area contributed by atoms with E-state index in [0.29, 0.717) is 16.9 Å². The summed E-state index contributed by atoms with van der Waals surface area (Å²) < 4.78 is 26.0. The van der Waals surface area contributed by atoms with Crippen molar-refractivity contribution in [1.82, 2.24) is 15.0 Å². The lowest BCUT2D eigenvalue weighted by molar-refractivity contribution is 0.597. The number of nitrogens with two attached hydrogens (primary N) is 1. The molecule has 0 spiro atoms. The summed E-state index contributed by atoms with van der Waals surface area (Å²) in [6.45, 7) is 5.49. The van der Waals surface area contributed by atoms with E-state index in [2.05, 4.69) is 15.0 Å². The molecule has 1 aromatic carbocycles. The number of benzene rings is 1. The molecule has 7 nitrogen and oxygen atoms in total. The zero-order valence-corrected chi connectivity index (χ0v) is 14.3. The summed E-state index contributed by atoms with van der Waals surface area (Å²) in [6, 6.07) is 8.20. The van der Waals surface area contributed by atoms with E-state index in [1.807, 2.05) is 18.7 Å². The van der Waals surface area contributed by atoms with Gasteiger partial charge in [0, 0.05) is 13.1 Å². The molecule has 2 heterocycles. The molecule has 0 saturated carbocycles. The average molecular weight is 345 g/mol. The van der Waals surface area contributed by atoms with Gasteiger partial charge in [0.05, 0.1) is 4.90 Å². The first-order valence-electron chi connectivity index (χ1n) is 7.67. The topological polar surface area (TPSA) is 105 Å². The van der Waals surface area contributed by atoms with E-state index < -0.39 is 9.84 Å². The molecule has 3 aromatic rings. The molecule has 0 aliphatic carbocycles. The second kappa shape index (κ2) is 6.12. The van der Waals surface area contributed by atoms with Crippen molar-refractivity contribution in [3.63, 3.8) is 0 Å². The molecule has 0 atom stereocenters. The number of aromatic amines is 1. The molecular weight excluding hydrogens is 326 g/mol. The fourth-order valence-corrected chi connectivity index (χ4v) is 4.24. The van der Waals surface area contributed by atoms with E-state index in [1.54, 1.807) is 30.3 Å². The van der Waals surface area contributed by atoms with Gasteiger partial charge in [-0.05, 0) is 26.0 Å². The number of H-pyrrole nitrogens is 1. The van der Waals surface area contributed by atoms with Crippen molar-refractivity contribution in [2.75, 3.05) is 23.7 Å². The Bertz CT molecular complexity index is 963. The van der Waals surface area contributed by atoms with Crippen molar-refractivity contribution in [3.8, 4) is 0 Å². The zero-order valence-electron chi connectivity index (χ0n) is 13.5. The molecule has 2 aromatic heterocycles. The van der Waals surface area contributed by atoms with Crippen LogP contribution in [0.4, 0.5) is 11.6 Å². The van der Waals surface area contributed by atoms with Crippen LogP contribution in [0.25, 0.3) is 11.0 Å². The van der Waals surface area contributed by atoms with Crippen molar-refractivity contribution in [2.24, 2.45) is 0 Å². The standard InChI is InChI=1S/C16H19N5O2S/c1-3-21(4-2)16-13-12(18-10-19-16)14(15(17)20-13)24(22,23)11-8-6-5-7-9-11/h5-10,20H,3-4,17H2,1-2H3. The fourth-order valence-electron chi connectivity index (χ4n) is 2.73. The van der Waals surface area contributed by atoms with Crippen LogP contribution in [0.5, 0.6) is 0 Å². The highest BCUT2D eigenvalue weighted by atomic mass is 32.2. The largest absolute Gasteiger partial charge is 0.384 e. The smallest absolute Gasteiger partial charge is 0.212 e. The van der Waals surface area contributed by atoms with E-state index in [9.17, 15) is 8.42 Å². The van der Waals surface area contributed by atoms with Gasteiger partial charge >= 0.3 is 0 Å². The molecule has 3 rings (SSSR count). The summed E-state index contributed by atoms with van der Waals surface area (Å²) in [4.78, 5) is 13.6. The minimum Gasteiger partial charge on any atom is -0.384 e. The number of sulfone groups is 1. The van der Waals surface area contributed by atoms with Gasteiger partial charge in [-0.2, -0.15) is 0 Å². The molecule has 3 N–H and O–H groups in total. The Morgan fingerprint density at radius 2 is 1.79 bits per heavy atom. The first kappa shape index (κ1) is 16.3. The summed E-state index contributed by atoms with van der Waals surface area (Å²) in [5.74, 6) is 0.717. The zero-order chi connectivity index (χ0) is 17.3. The van der Waals surface area contributed by atoms with Gasteiger partial charge in [-0.1, -0.05) is 18.2 Å². The van der Waals surface area contributed by atoms with Crippen LogP contribution in [0.2, 0.25) is 0 Å². The molecular formula is C16H19N5O2S. The molecule has 8 heteroatoms. The van der Waals surface area contributed by atoms with Gasteiger partial charge in [-0.3, -0.25) is 0 Å². The predicted octanol–water partition coefficient (Wildman–Crippen LogP) is 2.22. The average Bonchev–Trinajstić information content (AvgIpc) is 2.94. The minimum absolute atomic E-state index is 0.000457. The third kappa shape index (κ3) is 2.48. The predicted molar refractivity (Wildman–Crippen MR) is 93.8 cm³/mol. The lowest BCUT2D eigenvalue weighted by Gasteiger charge is -2.19. The summed E-state index contributed by atoms with van der Waals surface area (Å²) in [7, 11) is -3.77. The SMILES string of the molecule is CCN(CC)c1ncnc2c(S(=O)(=O)c3ccccc3)c(N)[nH]c12. The Morgan fingerprint density at radius 1 is 1.12 bits per heavy atom. The number of anilines is 2. The summed E-state index contributed by atoms with van der Waals surface area (Å²) >= 11 is 0. The van der Waals surface area contributed by atoms with Gasteiger partial charge in [0.15, 0.2) is 5.82 Å². The van der Waals surface area contributed by atoms with Crippen LogP contribution >= 0.6 is 0 Å². The number of nitrogens with one attached hydrogen (secondary N) is 1. The maximum atomic E-state index is 13.0. The first-order chi connectivity index (χ1) is 11.5. The molecule has 0 aliphatic rings. The lowest BCUT2D eigenvalue weighted by Crippen LogP contribution is -2.23. The van der Waals surface area contributed by atoms with Crippen molar-refractivity contribution in [2.45, 2.75) is 23.6 Å². The van der Waals surface area contributed by atoms with E-state index in [-0.39, 0.29) is 15.6 Å². The van der Waals surface area contributed by atoms with E-state index in [0.717, 1.165) is 13.1 Å². The third-order valence-electron chi connectivity index (χ3n) is 3.93. The Labute approximate surface area is 140 Å². The number of nitrogens with zero attached hydrogens (tertiary/aromatic N) is 3. The van der Waals surface area contributed by atoms with Crippen LogP contribution in [-0.2, 0) is 9.84 Å². The van der Waals surface area contributed by atoms with Gasteiger partial charge in [0.2, 0.25) is 9.84 Å². The Balaban J connectivity index is 2.28. The van der Waals surface area contributed by atoms with Crippen LogP contribution in [0.3, 0.4) is 0 Å². The second-order valence-corrected chi connectivity index (χ2v) is 7.16. The van der Waals surface area contributed by atoms with Gasteiger partial charge in [-0.15, -0.1) is 0 Å². The van der Waals surface area contributed by atoms with Gasteiger partial charge < -0.3 is 15.6 Å². The minimum atomic E-state index is -3.77. The van der Waals surface area contributed by atoms with Gasteiger partial charge in [0.25, 0.3) is 0 Å². The maximum Gasteiger partial charge on any atom is 0.212 e. The molecule has 126 valence electrons. The number of nitrogen functional groups attached to an aromatic ring is 1. The van der Waals surface area contributed by atoms with Crippen LogP contribution < -0.4 is 10.6 Å². The number of hydrogen-bond donors (Lipinski definition) is 2.